The van der Waals surface area contributed by atoms with E-state index in [4.69, 9.17) is 5.73 Å². The van der Waals surface area contributed by atoms with Crippen molar-refractivity contribution in [3.05, 3.63) is 12.4 Å². The zero-order chi connectivity index (χ0) is 15.4. The molecule has 0 unspecified atom stereocenters. The van der Waals surface area contributed by atoms with Gasteiger partial charge in [-0.1, -0.05) is 5.21 Å². The third-order valence-electron chi connectivity index (χ3n) is 4.77. The van der Waals surface area contributed by atoms with E-state index in [0.29, 0.717) is 38.1 Å². The van der Waals surface area contributed by atoms with E-state index >= 15 is 0 Å². The SMILES string of the molecule is NC[C@H]1CC[C@@H](CC(=O)NCCn2ccnn2)N1CC1CC1. The fourth-order valence-electron chi connectivity index (χ4n) is 3.33. The quantitative estimate of drug-likeness (QED) is 0.705. The van der Waals surface area contributed by atoms with Crippen molar-refractivity contribution in [3.8, 4) is 0 Å². The van der Waals surface area contributed by atoms with Crippen LogP contribution in [0.1, 0.15) is 32.1 Å². The number of nitrogens with zero attached hydrogens (tertiary/aromatic N) is 4. The molecule has 7 heteroatoms. The molecule has 3 N–H and O–H groups in total. The first-order chi connectivity index (χ1) is 10.8. The van der Waals surface area contributed by atoms with Crippen LogP contribution >= 0.6 is 0 Å². The number of hydrogen-bond donors (Lipinski definition) is 2. The van der Waals surface area contributed by atoms with Crippen LogP contribution in [0.3, 0.4) is 0 Å². The van der Waals surface area contributed by atoms with Crippen LogP contribution < -0.4 is 11.1 Å². The molecule has 7 nitrogen and oxygen atoms in total. The molecule has 2 fully saturated rings. The number of nitrogens with one attached hydrogen (secondary N) is 1. The number of rotatable bonds is 8. The summed E-state index contributed by atoms with van der Waals surface area (Å²) in [4.78, 5) is 14.6. The molecule has 0 aromatic carbocycles. The molecular formula is C15H26N6O. The second kappa shape index (κ2) is 7.19. The van der Waals surface area contributed by atoms with E-state index in [1.807, 2.05) is 0 Å². The summed E-state index contributed by atoms with van der Waals surface area (Å²) in [6.45, 7) is 3.08. The number of carbonyl (C=O) groups excluding carboxylic acids is 1. The molecule has 1 aromatic rings. The number of amides is 1. The second-order valence-corrected chi connectivity index (χ2v) is 6.48. The lowest BCUT2D eigenvalue weighted by atomic mass is 10.1. The van der Waals surface area contributed by atoms with Crippen LogP contribution in [0.5, 0.6) is 0 Å². The van der Waals surface area contributed by atoms with Crippen LogP contribution in [0.4, 0.5) is 0 Å². The highest BCUT2D eigenvalue weighted by atomic mass is 16.1. The van der Waals surface area contributed by atoms with Gasteiger partial charge in [-0.25, -0.2) is 0 Å². The molecule has 1 aliphatic heterocycles. The van der Waals surface area contributed by atoms with Crippen LogP contribution in [-0.4, -0.2) is 57.5 Å². The van der Waals surface area contributed by atoms with E-state index in [2.05, 4.69) is 20.5 Å². The van der Waals surface area contributed by atoms with Gasteiger partial charge in [0.15, 0.2) is 0 Å². The van der Waals surface area contributed by atoms with E-state index in [1.165, 1.54) is 12.8 Å². The maximum Gasteiger partial charge on any atom is 0.221 e. The summed E-state index contributed by atoms with van der Waals surface area (Å²) in [6, 6.07) is 0.828. The van der Waals surface area contributed by atoms with Gasteiger partial charge in [0.2, 0.25) is 5.91 Å². The van der Waals surface area contributed by atoms with Crippen molar-refractivity contribution >= 4 is 5.91 Å². The molecule has 2 aliphatic rings. The Morgan fingerprint density at radius 3 is 2.77 bits per heavy atom. The van der Waals surface area contributed by atoms with Gasteiger partial charge in [-0.3, -0.25) is 14.4 Å². The standard InChI is InChI=1S/C15H26N6O/c16-10-14-4-3-13(21(14)11-12-1-2-12)9-15(22)17-5-7-20-8-6-18-19-20/h6,8,12-14H,1-5,7,9-11,16H2,(H,17,22)/t13-,14+/m0/s1. The predicted molar refractivity (Wildman–Crippen MR) is 82.9 cm³/mol. The maximum absolute atomic E-state index is 12.2. The Morgan fingerprint density at radius 2 is 2.09 bits per heavy atom. The lowest BCUT2D eigenvalue weighted by Crippen LogP contribution is -2.43. The first-order valence-electron chi connectivity index (χ1n) is 8.33. The number of aromatic nitrogens is 3. The summed E-state index contributed by atoms with van der Waals surface area (Å²) < 4.78 is 1.72. The molecule has 1 amide bonds. The highest BCUT2D eigenvalue weighted by Crippen LogP contribution is 2.35. The Bertz CT molecular complexity index is 472. The van der Waals surface area contributed by atoms with E-state index in [0.717, 1.165) is 25.3 Å². The first kappa shape index (κ1) is 15.4. The topological polar surface area (TPSA) is 89.1 Å². The van der Waals surface area contributed by atoms with Crippen molar-refractivity contribution in [2.45, 2.75) is 50.7 Å². The van der Waals surface area contributed by atoms with Crippen LogP contribution in [-0.2, 0) is 11.3 Å². The van der Waals surface area contributed by atoms with Gasteiger partial charge < -0.3 is 11.1 Å². The Kier molecular flexibility index (Phi) is 5.04. The predicted octanol–water partition coefficient (Wildman–Crippen LogP) is -0.0139. The van der Waals surface area contributed by atoms with Gasteiger partial charge in [0, 0.05) is 44.3 Å². The fraction of sp³-hybridized carbons (Fsp3) is 0.800. The molecule has 122 valence electrons. The average Bonchev–Trinajstić information content (AvgIpc) is 3.03. The molecule has 2 heterocycles. The van der Waals surface area contributed by atoms with Gasteiger partial charge in [0.05, 0.1) is 12.7 Å². The molecule has 1 saturated carbocycles. The average molecular weight is 306 g/mol. The van der Waals surface area contributed by atoms with Gasteiger partial charge >= 0.3 is 0 Å². The second-order valence-electron chi connectivity index (χ2n) is 6.48. The molecule has 0 spiro atoms. The van der Waals surface area contributed by atoms with Gasteiger partial charge in [-0.2, -0.15) is 0 Å². The number of hydrogen-bond acceptors (Lipinski definition) is 5. The van der Waals surface area contributed by atoms with Crippen LogP contribution in [0.2, 0.25) is 0 Å². The van der Waals surface area contributed by atoms with E-state index < -0.39 is 0 Å². The summed E-state index contributed by atoms with van der Waals surface area (Å²) in [7, 11) is 0. The Hall–Kier alpha value is -1.47. The molecule has 0 radical (unpaired) electrons. The molecule has 2 atom stereocenters. The van der Waals surface area contributed by atoms with Crippen molar-refractivity contribution < 1.29 is 4.79 Å². The summed E-state index contributed by atoms with van der Waals surface area (Å²) in [5.41, 5.74) is 5.89. The van der Waals surface area contributed by atoms with E-state index in [9.17, 15) is 4.79 Å². The molecule has 1 aliphatic carbocycles. The minimum absolute atomic E-state index is 0.128. The first-order valence-corrected chi connectivity index (χ1v) is 8.33. The zero-order valence-corrected chi connectivity index (χ0v) is 13.0. The zero-order valence-electron chi connectivity index (χ0n) is 13.0. The minimum Gasteiger partial charge on any atom is -0.354 e. The molecule has 1 aromatic heterocycles. The highest BCUT2D eigenvalue weighted by molar-refractivity contribution is 5.76. The number of nitrogens with two attached hydrogens (primary N) is 1. The maximum atomic E-state index is 12.2. The molecular weight excluding hydrogens is 280 g/mol. The summed E-state index contributed by atoms with van der Waals surface area (Å²) >= 11 is 0. The van der Waals surface area contributed by atoms with Crippen molar-refractivity contribution in [1.82, 2.24) is 25.2 Å². The summed E-state index contributed by atoms with van der Waals surface area (Å²) in [5, 5.41) is 10.6. The van der Waals surface area contributed by atoms with Gasteiger partial charge in [0.25, 0.3) is 0 Å². The Labute approximate surface area is 131 Å². The lowest BCUT2D eigenvalue weighted by Gasteiger charge is -2.29. The fourth-order valence-corrected chi connectivity index (χ4v) is 3.33. The molecule has 1 saturated heterocycles. The van der Waals surface area contributed by atoms with Gasteiger partial charge in [-0.15, -0.1) is 5.10 Å². The minimum atomic E-state index is 0.128. The lowest BCUT2D eigenvalue weighted by molar-refractivity contribution is -0.122. The third kappa shape index (κ3) is 4.04. The Balaban J connectivity index is 1.43. The normalized spacial score (nSPS) is 25.5. The third-order valence-corrected chi connectivity index (χ3v) is 4.77. The van der Waals surface area contributed by atoms with Gasteiger partial charge in [-0.05, 0) is 31.6 Å². The Morgan fingerprint density at radius 1 is 1.27 bits per heavy atom. The molecule has 22 heavy (non-hydrogen) atoms. The summed E-state index contributed by atoms with van der Waals surface area (Å²) in [6.07, 6.45) is 8.91. The van der Waals surface area contributed by atoms with E-state index in [-0.39, 0.29) is 5.91 Å². The largest absolute Gasteiger partial charge is 0.354 e. The van der Waals surface area contributed by atoms with Crippen LogP contribution in [0.15, 0.2) is 12.4 Å². The van der Waals surface area contributed by atoms with Crippen molar-refractivity contribution in [1.29, 1.82) is 0 Å². The van der Waals surface area contributed by atoms with Crippen molar-refractivity contribution in [3.63, 3.8) is 0 Å². The highest BCUT2D eigenvalue weighted by Gasteiger charge is 2.37. The smallest absolute Gasteiger partial charge is 0.221 e. The summed E-state index contributed by atoms with van der Waals surface area (Å²) in [5.74, 6) is 0.966. The number of likely N-dealkylation sites (tertiary alicyclic amines) is 1. The van der Waals surface area contributed by atoms with Crippen LogP contribution in [0.25, 0.3) is 0 Å². The van der Waals surface area contributed by atoms with Gasteiger partial charge in [0.1, 0.15) is 0 Å². The monoisotopic (exact) mass is 306 g/mol. The molecule has 3 rings (SSSR count). The number of carbonyl (C=O) groups is 1. The van der Waals surface area contributed by atoms with Crippen LogP contribution in [0, 0.1) is 5.92 Å². The van der Waals surface area contributed by atoms with E-state index in [1.54, 1.807) is 17.1 Å². The molecule has 0 bridgehead atoms. The van der Waals surface area contributed by atoms with Crippen molar-refractivity contribution in [2.24, 2.45) is 11.7 Å². The van der Waals surface area contributed by atoms with Crippen molar-refractivity contribution in [2.75, 3.05) is 19.6 Å².